The zero-order chi connectivity index (χ0) is 10.1. The molecule has 0 aromatic heterocycles. The Bertz CT molecular complexity index is 279. The van der Waals surface area contributed by atoms with E-state index in [-0.39, 0.29) is 5.56 Å². The molecule has 1 nitrogen and oxygen atoms in total. The molecule has 0 aliphatic rings. The Morgan fingerprint density at radius 1 is 1.23 bits per heavy atom. The van der Waals surface area contributed by atoms with Gasteiger partial charge in [-0.1, -0.05) is 30.3 Å². The quantitative estimate of drug-likeness (QED) is 0.738. The summed E-state index contributed by atoms with van der Waals surface area (Å²) in [5, 5.41) is 5.77. The summed E-state index contributed by atoms with van der Waals surface area (Å²) in [6.07, 6.45) is 0. The first-order valence-corrected chi connectivity index (χ1v) is 4.08. The second kappa shape index (κ2) is 3.24. The maximum absolute atomic E-state index is 12.7. The molecule has 72 valence electrons. The van der Waals surface area contributed by atoms with E-state index in [1.807, 2.05) is 0 Å². The van der Waals surface area contributed by atoms with Gasteiger partial charge in [0.1, 0.15) is 0 Å². The summed E-state index contributed by atoms with van der Waals surface area (Å²) in [7, 11) is 0. The SMILES string of the molecule is CC(O)(c1ccccc1)C(F)(F)Cl. The molecule has 1 aromatic carbocycles. The number of halogens is 3. The average molecular weight is 207 g/mol. The van der Waals surface area contributed by atoms with Crippen molar-refractivity contribution in [2.45, 2.75) is 17.9 Å². The van der Waals surface area contributed by atoms with Crippen LogP contribution in [0.4, 0.5) is 8.78 Å². The van der Waals surface area contributed by atoms with Crippen molar-refractivity contribution in [3.63, 3.8) is 0 Å². The van der Waals surface area contributed by atoms with Crippen molar-refractivity contribution in [3.8, 4) is 0 Å². The van der Waals surface area contributed by atoms with Gasteiger partial charge in [0.25, 0.3) is 0 Å². The summed E-state index contributed by atoms with van der Waals surface area (Å²) in [4.78, 5) is 0. The Hall–Kier alpha value is -0.670. The van der Waals surface area contributed by atoms with E-state index in [0.29, 0.717) is 0 Å². The zero-order valence-electron chi connectivity index (χ0n) is 6.97. The predicted octanol–water partition coefficient (Wildman–Crippen LogP) is 2.73. The fraction of sp³-hybridized carbons (Fsp3) is 0.333. The second-order valence-electron chi connectivity index (χ2n) is 2.94. The summed E-state index contributed by atoms with van der Waals surface area (Å²) in [6.45, 7) is 0.981. The molecule has 0 saturated carbocycles. The highest BCUT2D eigenvalue weighted by Crippen LogP contribution is 2.40. The molecule has 0 amide bonds. The average Bonchev–Trinajstić information content (AvgIpc) is 2.04. The third-order valence-electron chi connectivity index (χ3n) is 1.89. The van der Waals surface area contributed by atoms with E-state index in [1.54, 1.807) is 18.2 Å². The van der Waals surface area contributed by atoms with Gasteiger partial charge in [-0.15, -0.1) is 0 Å². The standard InChI is InChI=1S/C9H9ClF2O/c1-8(13,9(10,11)12)7-5-3-2-4-6-7/h2-6,13H,1H3. The maximum Gasteiger partial charge on any atom is 0.353 e. The van der Waals surface area contributed by atoms with Gasteiger partial charge in [-0.25, -0.2) is 0 Å². The summed E-state index contributed by atoms with van der Waals surface area (Å²) < 4.78 is 25.4. The summed E-state index contributed by atoms with van der Waals surface area (Å²) in [5.74, 6) is 0. The molecule has 0 heterocycles. The first-order chi connectivity index (χ1) is 5.86. The fourth-order valence-electron chi connectivity index (χ4n) is 0.926. The number of alkyl halides is 3. The number of hydrogen-bond donors (Lipinski definition) is 1. The molecule has 4 heteroatoms. The van der Waals surface area contributed by atoms with E-state index in [2.05, 4.69) is 0 Å². The highest BCUT2D eigenvalue weighted by Gasteiger charge is 2.48. The van der Waals surface area contributed by atoms with Gasteiger partial charge in [0.15, 0.2) is 5.60 Å². The molecule has 0 fully saturated rings. The minimum Gasteiger partial charge on any atom is -0.378 e. The molecule has 0 bridgehead atoms. The number of hydrogen-bond acceptors (Lipinski definition) is 1. The lowest BCUT2D eigenvalue weighted by Crippen LogP contribution is -2.38. The Balaban J connectivity index is 3.08. The number of benzene rings is 1. The van der Waals surface area contributed by atoms with Crippen LogP contribution in [-0.2, 0) is 5.60 Å². The Labute approximate surface area is 80.0 Å². The van der Waals surface area contributed by atoms with Gasteiger partial charge < -0.3 is 5.11 Å². The predicted molar refractivity (Wildman–Crippen MR) is 46.8 cm³/mol. The van der Waals surface area contributed by atoms with Gasteiger partial charge in [0.2, 0.25) is 0 Å². The van der Waals surface area contributed by atoms with E-state index in [9.17, 15) is 13.9 Å². The molecule has 0 radical (unpaired) electrons. The third-order valence-corrected chi connectivity index (χ3v) is 2.26. The monoisotopic (exact) mass is 206 g/mol. The van der Waals surface area contributed by atoms with Crippen molar-refractivity contribution in [3.05, 3.63) is 35.9 Å². The van der Waals surface area contributed by atoms with Crippen molar-refractivity contribution >= 4 is 11.6 Å². The van der Waals surface area contributed by atoms with Crippen molar-refractivity contribution in [1.82, 2.24) is 0 Å². The second-order valence-corrected chi connectivity index (χ2v) is 3.41. The third kappa shape index (κ3) is 1.98. The lowest BCUT2D eigenvalue weighted by Gasteiger charge is -2.27. The highest BCUT2D eigenvalue weighted by atomic mass is 35.5. The van der Waals surface area contributed by atoms with Gasteiger partial charge in [0.05, 0.1) is 0 Å². The largest absolute Gasteiger partial charge is 0.378 e. The van der Waals surface area contributed by atoms with Crippen LogP contribution < -0.4 is 0 Å². The van der Waals surface area contributed by atoms with Crippen molar-refractivity contribution in [1.29, 1.82) is 0 Å². The molecule has 13 heavy (non-hydrogen) atoms. The van der Waals surface area contributed by atoms with Gasteiger partial charge >= 0.3 is 5.38 Å². The van der Waals surface area contributed by atoms with Crippen LogP contribution in [0.15, 0.2) is 30.3 Å². The van der Waals surface area contributed by atoms with Crippen LogP contribution >= 0.6 is 11.6 Å². The van der Waals surface area contributed by atoms with Gasteiger partial charge in [-0.05, 0) is 24.1 Å². The van der Waals surface area contributed by atoms with Crippen LogP contribution in [0.1, 0.15) is 12.5 Å². The van der Waals surface area contributed by atoms with E-state index in [0.717, 1.165) is 6.92 Å². The molecule has 1 N–H and O–H groups in total. The molecular formula is C9H9ClF2O. The lowest BCUT2D eigenvalue weighted by atomic mass is 9.96. The normalized spacial score (nSPS) is 16.7. The number of rotatable bonds is 2. The topological polar surface area (TPSA) is 20.2 Å². The molecule has 1 atom stereocenters. The van der Waals surface area contributed by atoms with E-state index >= 15 is 0 Å². The van der Waals surface area contributed by atoms with Gasteiger partial charge in [-0.2, -0.15) is 8.78 Å². The van der Waals surface area contributed by atoms with Gasteiger partial charge in [0, 0.05) is 0 Å². The molecule has 0 aliphatic carbocycles. The molecular weight excluding hydrogens is 198 g/mol. The van der Waals surface area contributed by atoms with E-state index in [1.165, 1.54) is 12.1 Å². The van der Waals surface area contributed by atoms with Crippen LogP contribution in [0.5, 0.6) is 0 Å². The van der Waals surface area contributed by atoms with Crippen LogP contribution in [-0.4, -0.2) is 10.5 Å². The first-order valence-electron chi connectivity index (χ1n) is 3.70. The molecule has 0 spiro atoms. The van der Waals surface area contributed by atoms with Crippen molar-refractivity contribution in [2.24, 2.45) is 0 Å². The fourth-order valence-corrected chi connectivity index (χ4v) is 1.04. The van der Waals surface area contributed by atoms with Crippen LogP contribution in [0.25, 0.3) is 0 Å². The first kappa shape index (κ1) is 10.4. The molecule has 1 unspecified atom stereocenters. The van der Waals surface area contributed by atoms with Crippen LogP contribution in [0.2, 0.25) is 0 Å². The van der Waals surface area contributed by atoms with Crippen molar-refractivity contribution < 1.29 is 13.9 Å². The van der Waals surface area contributed by atoms with E-state index < -0.39 is 11.0 Å². The minimum absolute atomic E-state index is 0.0926. The Kier molecular flexibility index (Phi) is 2.59. The molecule has 1 aromatic rings. The molecule has 0 aliphatic heterocycles. The Morgan fingerprint density at radius 2 is 1.69 bits per heavy atom. The number of aliphatic hydroxyl groups is 1. The lowest BCUT2D eigenvalue weighted by molar-refractivity contribution is -0.120. The summed E-state index contributed by atoms with van der Waals surface area (Å²) in [5.41, 5.74) is -2.24. The van der Waals surface area contributed by atoms with E-state index in [4.69, 9.17) is 11.6 Å². The Morgan fingerprint density at radius 3 is 2.08 bits per heavy atom. The zero-order valence-corrected chi connectivity index (χ0v) is 7.72. The summed E-state index contributed by atoms with van der Waals surface area (Å²) >= 11 is 4.78. The van der Waals surface area contributed by atoms with Gasteiger partial charge in [-0.3, -0.25) is 0 Å². The minimum atomic E-state index is -3.67. The van der Waals surface area contributed by atoms with Crippen LogP contribution in [0.3, 0.4) is 0 Å². The molecule has 0 saturated heterocycles. The summed E-state index contributed by atoms with van der Waals surface area (Å²) in [6, 6.07) is 7.59. The smallest absolute Gasteiger partial charge is 0.353 e. The molecule has 1 rings (SSSR count). The van der Waals surface area contributed by atoms with Crippen molar-refractivity contribution in [2.75, 3.05) is 0 Å². The maximum atomic E-state index is 12.7. The van der Waals surface area contributed by atoms with Crippen LogP contribution in [0, 0.1) is 0 Å². The highest BCUT2D eigenvalue weighted by molar-refractivity contribution is 6.22.